The zero-order valence-corrected chi connectivity index (χ0v) is 14.4. The van der Waals surface area contributed by atoms with Crippen LogP contribution in [0.3, 0.4) is 0 Å². The summed E-state index contributed by atoms with van der Waals surface area (Å²) in [6, 6.07) is 6.58. The molecule has 0 spiro atoms. The third-order valence-electron chi connectivity index (χ3n) is 4.71. The van der Waals surface area contributed by atoms with Gasteiger partial charge in [0, 0.05) is 0 Å². The topological polar surface area (TPSA) is 9.23 Å². The van der Waals surface area contributed by atoms with Crippen molar-refractivity contribution < 1.29 is 4.74 Å². The van der Waals surface area contributed by atoms with E-state index < -0.39 is 0 Å². The summed E-state index contributed by atoms with van der Waals surface area (Å²) in [5.74, 6) is 2.67. The molecule has 0 saturated heterocycles. The van der Waals surface area contributed by atoms with Crippen LogP contribution in [0.2, 0.25) is 0 Å². The van der Waals surface area contributed by atoms with Gasteiger partial charge in [0.2, 0.25) is 0 Å². The van der Waals surface area contributed by atoms with E-state index >= 15 is 0 Å². The molecule has 0 atom stereocenters. The van der Waals surface area contributed by atoms with Crippen LogP contribution in [-0.4, -0.2) is 7.11 Å². The Morgan fingerprint density at radius 2 is 1.90 bits per heavy atom. The number of hydrogen-bond donors (Lipinski definition) is 0. The number of benzene rings is 1. The fourth-order valence-electron chi connectivity index (χ4n) is 3.40. The van der Waals surface area contributed by atoms with Crippen LogP contribution in [0.25, 0.3) is 0 Å². The Bertz CT molecular complexity index is 408. The predicted molar refractivity (Wildman–Crippen MR) is 89.5 cm³/mol. The zero-order valence-electron chi connectivity index (χ0n) is 12.8. The first kappa shape index (κ1) is 15.9. The lowest BCUT2D eigenvalue weighted by atomic mass is 9.77. The van der Waals surface area contributed by atoms with Gasteiger partial charge < -0.3 is 4.74 Å². The van der Waals surface area contributed by atoms with Crippen molar-refractivity contribution in [2.45, 2.75) is 64.2 Å². The van der Waals surface area contributed by atoms with E-state index in [-0.39, 0.29) is 0 Å². The first-order chi connectivity index (χ1) is 9.74. The summed E-state index contributed by atoms with van der Waals surface area (Å²) < 4.78 is 6.40. The summed E-state index contributed by atoms with van der Waals surface area (Å²) in [5, 5.41) is 0. The Hall–Kier alpha value is -0.500. The van der Waals surface area contributed by atoms with E-state index in [1.165, 1.54) is 56.9 Å². The molecule has 1 aromatic rings. The average molecular weight is 339 g/mol. The molecule has 0 aliphatic heterocycles. The van der Waals surface area contributed by atoms with E-state index in [1.807, 2.05) is 0 Å². The van der Waals surface area contributed by atoms with Crippen LogP contribution in [0, 0.1) is 5.92 Å². The Kier molecular flexibility index (Phi) is 6.41. The van der Waals surface area contributed by atoms with Crippen molar-refractivity contribution in [2.24, 2.45) is 5.92 Å². The zero-order chi connectivity index (χ0) is 14.4. The van der Waals surface area contributed by atoms with Gasteiger partial charge in [-0.15, -0.1) is 0 Å². The fraction of sp³-hybridized carbons (Fsp3) is 0.667. The normalized spacial score (nSPS) is 22.8. The highest BCUT2D eigenvalue weighted by Crippen LogP contribution is 2.39. The second-order valence-electron chi connectivity index (χ2n) is 6.11. The highest BCUT2D eigenvalue weighted by molar-refractivity contribution is 9.10. The van der Waals surface area contributed by atoms with Crippen molar-refractivity contribution in [1.29, 1.82) is 0 Å². The maximum atomic E-state index is 5.31. The highest BCUT2D eigenvalue weighted by atomic mass is 79.9. The van der Waals surface area contributed by atoms with Gasteiger partial charge in [-0.05, 0) is 71.1 Å². The largest absolute Gasteiger partial charge is 0.496 e. The summed E-state index contributed by atoms with van der Waals surface area (Å²) in [6.45, 7) is 2.29. The lowest BCUT2D eigenvalue weighted by Gasteiger charge is -2.29. The van der Waals surface area contributed by atoms with Crippen LogP contribution in [0.5, 0.6) is 5.75 Å². The van der Waals surface area contributed by atoms with Crippen molar-refractivity contribution in [2.75, 3.05) is 7.11 Å². The molecule has 2 heteroatoms. The van der Waals surface area contributed by atoms with Crippen LogP contribution in [0.4, 0.5) is 0 Å². The van der Waals surface area contributed by atoms with Gasteiger partial charge in [0.1, 0.15) is 5.75 Å². The van der Waals surface area contributed by atoms with Crippen molar-refractivity contribution in [3.63, 3.8) is 0 Å². The van der Waals surface area contributed by atoms with Gasteiger partial charge in [-0.1, -0.05) is 38.7 Å². The number of methoxy groups -OCH3 is 1. The van der Waals surface area contributed by atoms with Crippen molar-refractivity contribution >= 4 is 15.9 Å². The van der Waals surface area contributed by atoms with E-state index in [9.17, 15) is 0 Å². The van der Waals surface area contributed by atoms with Crippen LogP contribution in [-0.2, 0) is 0 Å². The van der Waals surface area contributed by atoms with Crippen LogP contribution in [0.1, 0.15) is 69.8 Å². The molecule has 1 aliphatic rings. The third kappa shape index (κ3) is 4.25. The Labute approximate surface area is 132 Å². The molecule has 0 amide bonds. The van der Waals surface area contributed by atoms with E-state index in [0.717, 1.165) is 22.1 Å². The van der Waals surface area contributed by atoms with Gasteiger partial charge in [0.15, 0.2) is 0 Å². The monoisotopic (exact) mass is 338 g/mol. The first-order valence-corrected chi connectivity index (χ1v) is 8.87. The van der Waals surface area contributed by atoms with Gasteiger partial charge in [-0.25, -0.2) is 0 Å². The van der Waals surface area contributed by atoms with Crippen molar-refractivity contribution in [1.82, 2.24) is 0 Å². The average Bonchev–Trinajstić information content (AvgIpc) is 2.48. The van der Waals surface area contributed by atoms with Crippen LogP contribution in [0.15, 0.2) is 22.7 Å². The Morgan fingerprint density at radius 3 is 2.50 bits per heavy atom. The van der Waals surface area contributed by atoms with Crippen molar-refractivity contribution in [3.05, 3.63) is 28.2 Å². The quantitative estimate of drug-likeness (QED) is 0.552. The van der Waals surface area contributed by atoms with Gasteiger partial charge >= 0.3 is 0 Å². The molecule has 1 fully saturated rings. The smallest absolute Gasteiger partial charge is 0.133 e. The molecular formula is C18H27BrO. The number of halogens is 1. The van der Waals surface area contributed by atoms with Gasteiger partial charge in [0.25, 0.3) is 0 Å². The summed E-state index contributed by atoms with van der Waals surface area (Å²) >= 11 is 3.60. The molecule has 0 unspecified atom stereocenters. The second kappa shape index (κ2) is 8.07. The standard InChI is InChI=1S/C18H27BrO/c1-3-4-5-6-14-7-9-15(10-8-14)16-11-12-18(20-2)17(19)13-16/h11-15H,3-10H2,1-2H3. The Balaban J connectivity index is 1.85. The summed E-state index contributed by atoms with van der Waals surface area (Å²) in [5.41, 5.74) is 1.48. The molecule has 0 aromatic heterocycles. The number of hydrogen-bond acceptors (Lipinski definition) is 1. The molecule has 0 bridgehead atoms. The lowest BCUT2D eigenvalue weighted by Crippen LogP contribution is -2.13. The van der Waals surface area contributed by atoms with Gasteiger partial charge in [-0.3, -0.25) is 0 Å². The summed E-state index contributed by atoms with van der Waals surface area (Å²) in [6.07, 6.45) is 11.2. The number of ether oxygens (including phenoxy) is 1. The van der Waals surface area contributed by atoms with E-state index in [2.05, 4.69) is 41.1 Å². The first-order valence-electron chi connectivity index (χ1n) is 8.08. The molecule has 2 rings (SSSR count). The van der Waals surface area contributed by atoms with Gasteiger partial charge in [-0.2, -0.15) is 0 Å². The summed E-state index contributed by atoms with van der Waals surface area (Å²) in [4.78, 5) is 0. The molecule has 1 aromatic carbocycles. The van der Waals surface area contributed by atoms with Crippen LogP contribution >= 0.6 is 15.9 Å². The highest BCUT2D eigenvalue weighted by Gasteiger charge is 2.22. The number of rotatable bonds is 6. The predicted octanol–water partition coefficient (Wildman–Crippen LogP) is 6.31. The van der Waals surface area contributed by atoms with Crippen molar-refractivity contribution in [3.8, 4) is 5.75 Å². The van der Waals surface area contributed by atoms with E-state index in [1.54, 1.807) is 7.11 Å². The molecule has 1 aliphatic carbocycles. The maximum Gasteiger partial charge on any atom is 0.133 e. The fourth-order valence-corrected chi connectivity index (χ4v) is 3.96. The lowest BCUT2D eigenvalue weighted by molar-refractivity contribution is 0.302. The minimum absolute atomic E-state index is 0.750. The molecule has 0 heterocycles. The molecule has 1 nitrogen and oxygen atoms in total. The SMILES string of the molecule is CCCCCC1CCC(c2ccc(OC)c(Br)c2)CC1. The molecule has 0 radical (unpaired) electrons. The van der Waals surface area contributed by atoms with E-state index in [4.69, 9.17) is 4.74 Å². The van der Waals surface area contributed by atoms with E-state index in [0.29, 0.717) is 0 Å². The molecule has 112 valence electrons. The second-order valence-corrected chi connectivity index (χ2v) is 6.96. The molecule has 1 saturated carbocycles. The molecular weight excluding hydrogens is 312 g/mol. The third-order valence-corrected chi connectivity index (χ3v) is 5.33. The molecule has 20 heavy (non-hydrogen) atoms. The number of unbranched alkanes of at least 4 members (excludes halogenated alkanes) is 2. The maximum absolute atomic E-state index is 5.31. The minimum atomic E-state index is 0.750. The summed E-state index contributed by atoms with van der Waals surface area (Å²) in [7, 11) is 1.72. The molecule has 0 N–H and O–H groups in total. The minimum Gasteiger partial charge on any atom is -0.496 e. The van der Waals surface area contributed by atoms with Gasteiger partial charge in [0.05, 0.1) is 11.6 Å². The Morgan fingerprint density at radius 1 is 1.15 bits per heavy atom. The van der Waals surface area contributed by atoms with Crippen LogP contribution < -0.4 is 4.74 Å².